The first kappa shape index (κ1) is 11.6. The second kappa shape index (κ2) is 4.95. The Bertz CT molecular complexity index is 334. The predicted octanol–water partition coefficient (Wildman–Crippen LogP) is 1.73. The van der Waals surface area contributed by atoms with Gasteiger partial charge in [0.2, 0.25) is 0 Å². The fraction of sp³-hybridized carbons (Fsp3) is 0.833. The fourth-order valence-corrected chi connectivity index (χ4v) is 2.67. The molecular formula is C12H22N4. The van der Waals surface area contributed by atoms with Crippen LogP contribution >= 0.6 is 0 Å². The third-order valence-corrected chi connectivity index (χ3v) is 3.76. The molecule has 1 aliphatic rings. The minimum atomic E-state index is 0.646. The number of hydrogen-bond acceptors (Lipinski definition) is 3. The van der Waals surface area contributed by atoms with Crippen molar-refractivity contribution in [1.29, 1.82) is 0 Å². The molecule has 1 aromatic rings. The van der Waals surface area contributed by atoms with Gasteiger partial charge in [0.05, 0.1) is 6.54 Å². The van der Waals surface area contributed by atoms with E-state index in [0.29, 0.717) is 6.04 Å². The molecule has 0 spiro atoms. The molecule has 4 nitrogen and oxygen atoms in total. The fourth-order valence-electron chi connectivity index (χ4n) is 2.67. The topological polar surface area (TPSA) is 42.7 Å². The Morgan fingerprint density at radius 1 is 1.44 bits per heavy atom. The van der Waals surface area contributed by atoms with Crippen molar-refractivity contribution in [3.8, 4) is 0 Å². The highest BCUT2D eigenvalue weighted by molar-refractivity contribution is 4.87. The Balaban J connectivity index is 1.84. The molecule has 0 saturated heterocycles. The maximum absolute atomic E-state index is 4.23. The van der Waals surface area contributed by atoms with Crippen LogP contribution in [0.15, 0.2) is 6.33 Å². The summed E-state index contributed by atoms with van der Waals surface area (Å²) in [5, 5.41) is 7.69. The van der Waals surface area contributed by atoms with Crippen molar-refractivity contribution in [3.63, 3.8) is 0 Å². The van der Waals surface area contributed by atoms with Crippen molar-refractivity contribution < 1.29 is 0 Å². The van der Waals surface area contributed by atoms with Gasteiger partial charge >= 0.3 is 0 Å². The molecule has 90 valence electrons. The Hall–Kier alpha value is -0.900. The van der Waals surface area contributed by atoms with E-state index in [1.807, 2.05) is 11.7 Å². The van der Waals surface area contributed by atoms with Gasteiger partial charge in [-0.3, -0.25) is 4.68 Å². The summed E-state index contributed by atoms with van der Waals surface area (Å²) in [6.45, 7) is 5.54. The van der Waals surface area contributed by atoms with Gasteiger partial charge in [-0.05, 0) is 31.1 Å². The molecule has 1 aromatic heterocycles. The van der Waals surface area contributed by atoms with Crippen molar-refractivity contribution in [3.05, 3.63) is 12.2 Å². The largest absolute Gasteiger partial charge is 0.307 e. The normalized spacial score (nSPS) is 30.6. The highest BCUT2D eigenvalue weighted by Crippen LogP contribution is 2.28. The van der Waals surface area contributed by atoms with E-state index in [4.69, 9.17) is 0 Å². The molecule has 0 amide bonds. The minimum absolute atomic E-state index is 0.646. The van der Waals surface area contributed by atoms with Crippen LogP contribution in [-0.2, 0) is 13.6 Å². The van der Waals surface area contributed by atoms with Gasteiger partial charge < -0.3 is 5.32 Å². The second-order valence-electron chi connectivity index (χ2n) is 5.18. The molecule has 1 saturated carbocycles. The molecular weight excluding hydrogens is 200 g/mol. The maximum Gasteiger partial charge on any atom is 0.140 e. The molecule has 3 atom stereocenters. The Kier molecular flexibility index (Phi) is 3.59. The zero-order valence-corrected chi connectivity index (χ0v) is 10.5. The van der Waals surface area contributed by atoms with Crippen molar-refractivity contribution in [2.24, 2.45) is 18.9 Å². The molecule has 1 fully saturated rings. The van der Waals surface area contributed by atoms with Crippen LogP contribution in [0.5, 0.6) is 0 Å². The van der Waals surface area contributed by atoms with E-state index in [1.54, 1.807) is 6.33 Å². The molecule has 16 heavy (non-hydrogen) atoms. The lowest BCUT2D eigenvalue weighted by atomic mass is 9.80. The monoisotopic (exact) mass is 222 g/mol. The van der Waals surface area contributed by atoms with E-state index in [-0.39, 0.29) is 0 Å². The molecule has 0 aromatic carbocycles. The molecule has 1 aliphatic carbocycles. The first-order chi connectivity index (χ1) is 7.66. The molecule has 1 heterocycles. The highest BCUT2D eigenvalue weighted by Gasteiger charge is 2.24. The Labute approximate surface area is 97.5 Å². The van der Waals surface area contributed by atoms with Crippen LogP contribution in [0.2, 0.25) is 0 Å². The van der Waals surface area contributed by atoms with Crippen LogP contribution in [0.4, 0.5) is 0 Å². The summed E-state index contributed by atoms with van der Waals surface area (Å²) in [6.07, 6.45) is 5.60. The summed E-state index contributed by atoms with van der Waals surface area (Å²) < 4.78 is 1.84. The van der Waals surface area contributed by atoms with Crippen LogP contribution in [0.3, 0.4) is 0 Å². The minimum Gasteiger partial charge on any atom is -0.307 e. The molecule has 4 heteroatoms. The summed E-state index contributed by atoms with van der Waals surface area (Å²) in [5.41, 5.74) is 0. The first-order valence-electron chi connectivity index (χ1n) is 6.23. The number of nitrogens with one attached hydrogen (secondary N) is 1. The first-order valence-corrected chi connectivity index (χ1v) is 6.23. The third-order valence-electron chi connectivity index (χ3n) is 3.76. The quantitative estimate of drug-likeness (QED) is 0.847. The SMILES string of the molecule is CC1CCC(NCc2ncnn2C)C(C)C1. The van der Waals surface area contributed by atoms with E-state index in [9.17, 15) is 0 Å². The zero-order valence-electron chi connectivity index (χ0n) is 10.5. The van der Waals surface area contributed by atoms with Crippen molar-refractivity contribution >= 4 is 0 Å². The lowest BCUT2D eigenvalue weighted by molar-refractivity contribution is 0.225. The van der Waals surface area contributed by atoms with Crippen LogP contribution < -0.4 is 5.32 Å². The average molecular weight is 222 g/mol. The maximum atomic E-state index is 4.23. The standard InChI is InChI=1S/C12H22N4/c1-9-4-5-11(10(2)6-9)13-7-12-14-8-15-16(12)3/h8-11,13H,4-7H2,1-3H3. The van der Waals surface area contributed by atoms with Gasteiger partial charge in [0, 0.05) is 13.1 Å². The van der Waals surface area contributed by atoms with Crippen LogP contribution in [-0.4, -0.2) is 20.8 Å². The lowest BCUT2D eigenvalue weighted by Gasteiger charge is -2.33. The van der Waals surface area contributed by atoms with E-state index in [2.05, 4.69) is 29.2 Å². The number of aryl methyl sites for hydroxylation is 1. The van der Waals surface area contributed by atoms with Gasteiger partial charge in [0.25, 0.3) is 0 Å². The molecule has 2 rings (SSSR count). The lowest BCUT2D eigenvalue weighted by Crippen LogP contribution is -2.39. The number of rotatable bonds is 3. The van der Waals surface area contributed by atoms with Gasteiger partial charge in [-0.25, -0.2) is 4.98 Å². The molecule has 0 radical (unpaired) electrons. The van der Waals surface area contributed by atoms with E-state index in [0.717, 1.165) is 24.2 Å². The van der Waals surface area contributed by atoms with E-state index < -0.39 is 0 Å². The van der Waals surface area contributed by atoms with E-state index >= 15 is 0 Å². The second-order valence-corrected chi connectivity index (χ2v) is 5.18. The van der Waals surface area contributed by atoms with Crippen molar-refractivity contribution in [1.82, 2.24) is 20.1 Å². The summed E-state index contributed by atoms with van der Waals surface area (Å²) >= 11 is 0. The van der Waals surface area contributed by atoms with Crippen LogP contribution in [0, 0.1) is 11.8 Å². The predicted molar refractivity (Wildman–Crippen MR) is 63.8 cm³/mol. The Morgan fingerprint density at radius 3 is 2.88 bits per heavy atom. The van der Waals surface area contributed by atoms with Gasteiger partial charge in [0.1, 0.15) is 12.2 Å². The van der Waals surface area contributed by atoms with Gasteiger partial charge in [-0.2, -0.15) is 5.10 Å². The third kappa shape index (κ3) is 2.61. The smallest absolute Gasteiger partial charge is 0.140 e. The van der Waals surface area contributed by atoms with E-state index in [1.165, 1.54) is 19.3 Å². The summed E-state index contributed by atoms with van der Waals surface area (Å²) in [7, 11) is 1.94. The van der Waals surface area contributed by atoms with Gasteiger partial charge in [-0.1, -0.05) is 13.8 Å². The number of hydrogen-bond donors (Lipinski definition) is 1. The van der Waals surface area contributed by atoms with Crippen LogP contribution in [0.25, 0.3) is 0 Å². The molecule has 1 N–H and O–H groups in total. The van der Waals surface area contributed by atoms with Crippen LogP contribution in [0.1, 0.15) is 38.9 Å². The molecule has 0 bridgehead atoms. The van der Waals surface area contributed by atoms with Crippen molar-refractivity contribution in [2.75, 3.05) is 0 Å². The zero-order chi connectivity index (χ0) is 11.5. The van der Waals surface area contributed by atoms with Gasteiger partial charge in [0.15, 0.2) is 0 Å². The summed E-state index contributed by atoms with van der Waals surface area (Å²) in [6, 6.07) is 0.646. The van der Waals surface area contributed by atoms with Gasteiger partial charge in [-0.15, -0.1) is 0 Å². The summed E-state index contributed by atoms with van der Waals surface area (Å²) in [4.78, 5) is 4.23. The molecule has 3 unspecified atom stereocenters. The Morgan fingerprint density at radius 2 is 2.25 bits per heavy atom. The summed E-state index contributed by atoms with van der Waals surface area (Å²) in [5.74, 6) is 2.69. The van der Waals surface area contributed by atoms with Crippen molar-refractivity contribution in [2.45, 2.75) is 45.7 Å². The molecule has 0 aliphatic heterocycles. The average Bonchev–Trinajstić information content (AvgIpc) is 2.63. The number of nitrogens with zero attached hydrogens (tertiary/aromatic N) is 3. The number of aromatic nitrogens is 3. The highest BCUT2D eigenvalue weighted by atomic mass is 15.3.